The topological polar surface area (TPSA) is 75.4 Å². The maximum absolute atomic E-state index is 12.6. The van der Waals surface area contributed by atoms with Gasteiger partial charge in [-0.2, -0.15) is 4.98 Å². The first-order chi connectivity index (χ1) is 12.5. The van der Waals surface area contributed by atoms with Crippen LogP contribution in [-0.2, 0) is 0 Å². The summed E-state index contributed by atoms with van der Waals surface area (Å²) in [6.45, 7) is 8.01. The van der Waals surface area contributed by atoms with E-state index in [4.69, 9.17) is 0 Å². The molecule has 7 heteroatoms. The Balaban J connectivity index is 1.57. The van der Waals surface area contributed by atoms with Gasteiger partial charge in [-0.15, -0.1) is 5.10 Å². The number of hydrogen-bond donors (Lipinski definition) is 1. The van der Waals surface area contributed by atoms with Gasteiger partial charge in [0.1, 0.15) is 0 Å². The number of fused-ring (bicyclic) bond motifs is 1. The third-order valence-corrected chi connectivity index (χ3v) is 4.75. The first kappa shape index (κ1) is 16.5. The van der Waals surface area contributed by atoms with Gasteiger partial charge < -0.3 is 10.2 Å². The Hall–Kier alpha value is -2.96. The molecule has 3 aromatic rings. The number of nitrogens with one attached hydrogen (secondary N) is 1. The number of carbonyl (C=O) groups is 1. The highest BCUT2D eigenvalue weighted by Crippen LogP contribution is 2.25. The lowest BCUT2D eigenvalue weighted by atomic mass is 10.1. The zero-order valence-electron chi connectivity index (χ0n) is 15.3. The maximum atomic E-state index is 12.6. The molecule has 26 heavy (non-hydrogen) atoms. The molecule has 1 aliphatic rings. The molecule has 1 saturated heterocycles. The highest BCUT2D eigenvalue weighted by molar-refractivity contribution is 6.02. The van der Waals surface area contributed by atoms with Crippen molar-refractivity contribution in [2.24, 2.45) is 0 Å². The van der Waals surface area contributed by atoms with Crippen molar-refractivity contribution >= 4 is 23.1 Å². The predicted octanol–water partition coefficient (Wildman–Crippen LogP) is 2.90. The molecule has 1 N–H and O–H groups in total. The molecule has 1 amide bonds. The Kier molecular flexibility index (Phi) is 4.06. The molecular weight excluding hydrogens is 328 g/mol. The Morgan fingerprint density at radius 2 is 1.85 bits per heavy atom. The van der Waals surface area contributed by atoms with Crippen LogP contribution in [0.4, 0.5) is 11.4 Å². The lowest BCUT2D eigenvalue weighted by molar-refractivity contribution is 0.101. The number of anilines is 2. The minimum absolute atomic E-state index is 0.120. The summed E-state index contributed by atoms with van der Waals surface area (Å²) in [6.07, 6.45) is 2.48. The van der Waals surface area contributed by atoms with Gasteiger partial charge in [0, 0.05) is 35.9 Å². The van der Waals surface area contributed by atoms with Crippen LogP contribution in [0.25, 0.3) is 5.78 Å². The van der Waals surface area contributed by atoms with Crippen molar-refractivity contribution in [2.45, 2.75) is 33.6 Å². The van der Waals surface area contributed by atoms with Gasteiger partial charge in [0.05, 0.1) is 0 Å². The van der Waals surface area contributed by atoms with E-state index in [2.05, 4.69) is 37.4 Å². The Labute approximate surface area is 152 Å². The van der Waals surface area contributed by atoms with Gasteiger partial charge in [0.2, 0.25) is 5.82 Å². The number of rotatable bonds is 3. The Morgan fingerprint density at radius 3 is 2.58 bits per heavy atom. The molecule has 0 atom stereocenters. The van der Waals surface area contributed by atoms with Crippen molar-refractivity contribution in [3.63, 3.8) is 0 Å². The van der Waals surface area contributed by atoms with Crippen molar-refractivity contribution in [1.82, 2.24) is 19.6 Å². The fourth-order valence-corrected chi connectivity index (χ4v) is 3.40. The van der Waals surface area contributed by atoms with Crippen molar-refractivity contribution in [1.29, 1.82) is 0 Å². The van der Waals surface area contributed by atoms with Gasteiger partial charge in [0.15, 0.2) is 0 Å². The molecule has 4 rings (SSSR count). The van der Waals surface area contributed by atoms with Gasteiger partial charge in [0.25, 0.3) is 11.7 Å². The van der Waals surface area contributed by atoms with Crippen LogP contribution in [0.3, 0.4) is 0 Å². The standard InChI is InChI=1S/C19H22N6O/c1-12-10-15(24-8-4-5-9-24)6-7-16(12)21-18(26)17-22-19-20-13(2)11-14(3)25(19)23-17/h6-7,10-11H,4-5,8-9H2,1-3H3,(H,21,26). The van der Waals surface area contributed by atoms with Crippen molar-refractivity contribution in [3.8, 4) is 0 Å². The van der Waals surface area contributed by atoms with E-state index in [1.54, 1.807) is 4.52 Å². The zero-order valence-corrected chi connectivity index (χ0v) is 15.3. The first-order valence-corrected chi connectivity index (χ1v) is 8.89. The highest BCUT2D eigenvalue weighted by atomic mass is 16.2. The van der Waals surface area contributed by atoms with E-state index in [0.29, 0.717) is 5.78 Å². The number of carbonyl (C=O) groups excluding carboxylic acids is 1. The van der Waals surface area contributed by atoms with Crippen LogP contribution >= 0.6 is 0 Å². The minimum atomic E-state index is -0.329. The second-order valence-corrected chi connectivity index (χ2v) is 6.83. The lowest BCUT2D eigenvalue weighted by Crippen LogP contribution is -2.18. The number of nitrogens with zero attached hydrogens (tertiary/aromatic N) is 5. The van der Waals surface area contributed by atoms with Crippen LogP contribution in [0.15, 0.2) is 24.3 Å². The molecule has 0 saturated carbocycles. The van der Waals surface area contributed by atoms with Crippen LogP contribution in [-0.4, -0.2) is 38.6 Å². The lowest BCUT2D eigenvalue weighted by Gasteiger charge is -2.19. The van der Waals surface area contributed by atoms with Gasteiger partial charge in [-0.1, -0.05) is 0 Å². The monoisotopic (exact) mass is 350 g/mol. The van der Waals surface area contributed by atoms with E-state index >= 15 is 0 Å². The molecular formula is C19H22N6O. The number of aromatic nitrogens is 4. The highest BCUT2D eigenvalue weighted by Gasteiger charge is 2.17. The van der Waals surface area contributed by atoms with Gasteiger partial charge in [-0.25, -0.2) is 9.50 Å². The SMILES string of the molecule is Cc1cc(C)n2nc(C(=O)Nc3ccc(N4CCCC4)cc3C)nc2n1. The molecule has 1 fully saturated rings. The van der Waals surface area contributed by atoms with Crippen molar-refractivity contribution in [2.75, 3.05) is 23.3 Å². The molecule has 0 unspecified atom stereocenters. The molecule has 0 bridgehead atoms. The van der Waals surface area contributed by atoms with E-state index in [0.717, 1.165) is 35.7 Å². The molecule has 3 heterocycles. The van der Waals surface area contributed by atoms with Crippen LogP contribution in [0.1, 0.15) is 40.4 Å². The first-order valence-electron chi connectivity index (χ1n) is 8.89. The quantitative estimate of drug-likeness (QED) is 0.786. The zero-order chi connectivity index (χ0) is 18.3. The normalized spacial score (nSPS) is 14.2. The fraction of sp³-hybridized carbons (Fsp3) is 0.368. The van der Waals surface area contributed by atoms with Crippen molar-refractivity contribution in [3.05, 3.63) is 47.0 Å². The smallest absolute Gasteiger partial charge is 0.295 e. The van der Waals surface area contributed by atoms with E-state index in [1.807, 2.05) is 32.9 Å². The van der Waals surface area contributed by atoms with Gasteiger partial charge in [-0.05, 0) is 63.4 Å². The van der Waals surface area contributed by atoms with Crippen LogP contribution < -0.4 is 10.2 Å². The summed E-state index contributed by atoms with van der Waals surface area (Å²) < 4.78 is 1.59. The third-order valence-electron chi connectivity index (χ3n) is 4.75. The van der Waals surface area contributed by atoms with E-state index in [1.165, 1.54) is 18.5 Å². The second kappa shape index (κ2) is 6.40. The molecule has 0 spiro atoms. The number of amides is 1. The summed E-state index contributed by atoms with van der Waals surface area (Å²) in [7, 11) is 0. The molecule has 1 aliphatic heterocycles. The molecule has 0 radical (unpaired) electrons. The molecule has 134 valence electrons. The van der Waals surface area contributed by atoms with E-state index in [9.17, 15) is 4.79 Å². The van der Waals surface area contributed by atoms with Crippen LogP contribution in [0.2, 0.25) is 0 Å². The minimum Gasteiger partial charge on any atom is -0.372 e. The average Bonchev–Trinajstić information content (AvgIpc) is 3.26. The summed E-state index contributed by atoms with van der Waals surface area (Å²) in [5, 5.41) is 7.20. The van der Waals surface area contributed by atoms with Crippen LogP contribution in [0.5, 0.6) is 0 Å². The number of aryl methyl sites for hydroxylation is 3. The van der Waals surface area contributed by atoms with Crippen molar-refractivity contribution < 1.29 is 4.79 Å². The Morgan fingerprint density at radius 1 is 1.08 bits per heavy atom. The molecule has 1 aromatic carbocycles. The van der Waals surface area contributed by atoms with Gasteiger partial charge in [-0.3, -0.25) is 4.79 Å². The fourth-order valence-electron chi connectivity index (χ4n) is 3.40. The van der Waals surface area contributed by atoms with E-state index < -0.39 is 0 Å². The average molecular weight is 350 g/mol. The summed E-state index contributed by atoms with van der Waals surface area (Å²) in [6, 6.07) is 8.03. The summed E-state index contributed by atoms with van der Waals surface area (Å²) >= 11 is 0. The summed E-state index contributed by atoms with van der Waals surface area (Å²) in [5.74, 6) is 0.229. The summed E-state index contributed by atoms with van der Waals surface area (Å²) in [5.41, 5.74) is 4.75. The van der Waals surface area contributed by atoms with E-state index in [-0.39, 0.29) is 11.7 Å². The summed E-state index contributed by atoms with van der Waals surface area (Å²) in [4.78, 5) is 23.5. The second-order valence-electron chi connectivity index (χ2n) is 6.83. The maximum Gasteiger partial charge on any atom is 0.295 e. The number of benzene rings is 1. The molecule has 2 aromatic heterocycles. The van der Waals surface area contributed by atoms with Gasteiger partial charge >= 0.3 is 0 Å². The largest absolute Gasteiger partial charge is 0.372 e. The molecule has 0 aliphatic carbocycles. The van der Waals surface area contributed by atoms with Crippen LogP contribution in [0, 0.1) is 20.8 Å². The third kappa shape index (κ3) is 3.00. The predicted molar refractivity (Wildman–Crippen MR) is 101 cm³/mol. The number of hydrogen-bond acceptors (Lipinski definition) is 5. The Bertz CT molecular complexity index is 987. The molecule has 7 nitrogen and oxygen atoms in total.